The summed E-state index contributed by atoms with van der Waals surface area (Å²) in [5, 5.41) is 3.24. The average Bonchev–Trinajstić information content (AvgIpc) is 2.51. The normalized spacial score (nSPS) is 10.0. The third-order valence-corrected chi connectivity index (χ3v) is 2.82. The SMILES string of the molecule is C.CCNc1ccc(OCCCOCCCOCC(C)=O)cc1.[HH]. The van der Waals surface area contributed by atoms with E-state index in [4.69, 9.17) is 14.2 Å². The number of Topliss-reactive ketones (excluding diaryl/α,β-unsaturated/α-hetero) is 1. The monoisotopic (exact) mass is 327 g/mol. The van der Waals surface area contributed by atoms with E-state index in [1.165, 1.54) is 6.92 Å². The molecule has 134 valence electrons. The first-order valence-electron chi connectivity index (χ1n) is 7.84. The Morgan fingerprint density at radius 2 is 1.65 bits per heavy atom. The standard InChI is InChI=1S/C17H27NO4.CH4.H2/c1-3-18-16-6-8-17(9-7-16)22-13-5-11-20-10-4-12-21-14-15(2)19;;/h6-9,18H,3-5,10-14H2,1-2H3;1H4;1H. The van der Waals surface area contributed by atoms with Crippen LogP contribution in [0.2, 0.25) is 0 Å². The Labute approximate surface area is 141 Å². The number of carbonyl (C=O) groups is 1. The van der Waals surface area contributed by atoms with Crippen LogP contribution in [0.4, 0.5) is 5.69 Å². The molecule has 23 heavy (non-hydrogen) atoms. The van der Waals surface area contributed by atoms with Gasteiger partial charge in [0.2, 0.25) is 0 Å². The van der Waals surface area contributed by atoms with Crippen LogP contribution in [0.15, 0.2) is 24.3 Å². The van der Waals surface area contributed by atoms with Gasteiger partial charge in [-0.15, -0.1) is 0 Å². The Balaban J connectivity index is 0. The summed E-state index contributed by atoms with van der Waals surface area (Å²) in [6, 6.07) is 7.95. The maximum absolute atomic E-state index is 10.6. The van der Waals surface area contributed by atoms with Gasteiger partial charge < -0.3 is 19.5 Å². The maximum atomic E-state index is 10.6. The molecular weight excluding hydrogens is 294 g/mol. The minimum atomic E-state index is 0. The molecule has 1 aromatic rings. The van der Waals surface area contributed by atoms with E-state index in [0.717, 1.165) is 30.8 Å². The zero-order valence-corrected chi connectivity index (χ0v) is 13.6. The number of carbonyl (C=O) groups excluding carboxylic acids is 1. The second-order valence-electron chi connectivity index (χ2n) is 4.98. The molecule has 1 aromatic carbocycles. The number of benzene rings is 1. The number of rotatable bonds is 13. The molecule has 1 N–H and O–H groups in total. The quantitative estimate of drug-likeness (QED) is 0.559. The van der Waals surface area contributed by atoms with E-state index in [0.29, 0.717) is 26.4 Å². The van der Waals surface area contributed by atoms with E-state index < -0.39 is 0 Å². The molecular formula is C18H33NO4. The summed E-state index contributed by atoms with van der Waals surface area (Å²) in [6.07, 6.45) is 1.66. The number of nitrogens with one attached hydrogen (secondary N) is 1. The molecule has 0 radical (unpaired) electrons. The predicted molar refractivity (Wildman–Crippen MR) is 96.5 cm³/mol. The smallest absolute Gasteiger partial charge is 0.155 e. The summed E-state index contributed by atoms with van der Waals surface area (Å²) in [7, 11) is 0. The Bertz CT molecular complexity index is 412. The van der Waals surface area contributed by atoms with Crippen molar-refractivity contribution in [3.05, 3.63) is 24.3 Å². The van der Waals surface area contributed by atoms with E-state index in [1.54, 1.807) is 0 Å². The fourth-order valence-corrected chi connectivity index (χ4v) is 1.81. The lowest BCUT2D eigenvalue weighted by Gasteiger charge is -2.08. The second-order valence-corrected chi connectivity index (χ2v) is 4.98. The second kappa shape index (κ2) is 14.0. The van der Waals surface area contributed by atoms with Crippen molar-refractivity contribution in [2.75, 3.05) is 44.9 Å². The molecule has 0 atom stereocenters. The summed E-state index contributed by atoms with van der Waals surface area (Å²) in [6.45, 7) is 7.22. The van der Waals surface area contributed by atoms with Gasteiger partial charge in [-0.1, -0.05) is 7.43 Å². The van der Waals surface area contributed by atoms with Gasteiger partial charge in [0, 0.05) is 39.9 Å². The van der Waals surface area contributed by atoms with Gasteiger partial charge >= 0.3 is 0 Å². The van der Waals surface area contributed by atoms with Gasteiger partial charge in [-0.2, -0.15) is 0 Å². The summed E-state index contributed by atoms with van der Waals surface area (Å²) in [5.41, 5.74) is 1.10. The van der Waals surface area contributed by atoms with Gasteiger partial charge in [-0.05, 0) is 44.5 Å². The fourth-order valence-electron chi connectivity index (χ4n) is 1.81. The summed E-state index contributed by atoms with van der Waals surface area (Å²) in [5.74, 6) is 0.927. The van der Waals surface area contributed by atoms with Crippen LogP contribution in [0.1, 0.15) is 35.5 Å². The zero-order chi connectivity index (χ0) is 16.0. The Morgan fingerprint density at radius 1 is 1.04 bits per heavy atom. The minimum Gasteiger partial charge on any atom is -0.494 e. The zero-order valence-electron chi connectivity index (χ0n) is 13.6. The van der Waals surface area contributed by atoms with Gasteiger partial charge in [-0.25, -0.2) is 0 Å². The molecule has 0 aliphatic heterocycles. The van der Waals surface area contributed by atoms with Crippen molar-refractivity contribution in [1.29, 1.82) is 0 Å². The Morgan fingerprint density at radius 3 is 2.26 bits per heavy atom. The van der Waals surface area contributed by atoms with Crippen molar-refractivity contribution < 1.29 is 20.4 Å². The van der Waals surface area contributed by atoms with Crippen LogP contribution in [0.5, 0.6) is 5.75 Å². The van der Waals surface area contributed by atoms with Crippen LogP contribution in [-0.2, 0) is 14.3 Å². The third kappa shape index (κ3) is 11.6. The molecule has 0 spiro atoms. The molecule has 0 fully saturated rings. The molecule has 0 aliphatic rings. The van der Waals surface area contributed by atoms with Gasteiger partial charge in [0.1, 0.15) is 12.4 Å². The summed E-state index contributed by atoms with van der Waals surface area (Å²) >= 11 is 0. The van der Waals surface area contributed by atoms with Crippen molar-refractivity contribution in [2.45, 2.75) is 34.1 Å². The van der Waals surface area contributed by atoms with E-state index in [2.05, 4.69) is 12.2 Å². The van der Waals surface area contributed by atoms with Crippen molar-refractivity contribution in [2.24, 2.45) is 0 Å². The molecule has 0 heterocycles. The highest BCUT2D eigenvalue weighted by Gasteiger charge is 1.96. The largest absolute Gasteiger partial charge is 0.494 e. The minimum absolute atomic E-state index is 0. The molecule has 5 heteroatoms. The van der Waals surface area contributed by atoms with Gasteiger partial charge in [-0.3, -0.25) is 4.79 Å². The molecule has 0 saturated carbocycles. The van der Waals surface area contributed by atoms with Crippen LogP contribution in [0.3, 0.4) is 0 Å². The van der Waals surface area contributed by atoms with Crippen molar-refractivity contribution in [3.63, 3.8) is 0 Å². The molecule has 0 unspecified atom stereocenters. The van der Waals surface area contributed by atoms with Crippen LogP contribution in [-0.4, -0.2) is 45.4 Å². The molecule has 1 rings (SSSR count). The Hall–Kier alpha value is -1.59. The lowest BCUT2D eigenvalue weighted by atomic mass is 10.3. The van der Waals surface area contributed by atoms with Crippen LogP contribution in [0, 0.1) is 0 Å². The first-order valence-corrected chi connectivity index (χ1v) is 7.84. The topological polar surface area (TPSA) is 56.8 Å². The van der Waals surface area contributed by atoms with E-state index in [1.807, 2.05) is 24.3 Å². The summed E-state index contributed by atoms with van der Waals surface area (Å²) < 4.78 is 16.3. The highest BCUT2D eigenvalue weighted by atomic mass is 16.5. The van der Waals surface area contributed by atoms with Crippen molar-refractivity contribution in [3.8, 4) is 5.75 Å². The molecule has 0 aliphatic carbocycles. The molecule has 0 bridgehead atoms. The highest BCUT2D eigenvalue weighted by Crippen LogP contribution is 2.15. The van der Waals surface area contributed by atoms with E-state index >= 15 is 0 Å². The third-order valence-electron chi connectivity index (χ3n) is 2.82. The van der Waals surface area contributed by atoms with Gasteiger partial charge in [0.15, 0.2) is 5.78 Å². The van der Waals surface area contributed by atoms with Crippen molar-refractivity contribution >= 4 is 11.5 Å². The fraction of sp³-hybridized carbons (Fsp3) is 0.611. The van der Waals surface area contributed by atoms with Crippen LogP contribution >= 0.6 is 0 Å². The van der Waals surface area contributed by atoms with Gasteiger partial charge in [0.25, 0.3) is 0 Å². The van der Waals surface area contributed by atoms with Gasteiger partial charge in [0.05, 0.1) is 6.61 Å². The number of anilines is 1. The number of ketones is 1. The lowest BCUT2D eigenvalue weighted by Crippen LogP contribution is -2.08. The molecule has 0 saturated heterocycles. The maximum Gasteiger partial charge on any atom is 0.155 e. The number of hydrogen-bond acceptors (Lipinski definition) is 5. The van der Waals surface area contributed by atoms with Crippen LogP contribution in [0.25, 0.3) is 0 Å². The highest BCUT2D eigenvalue weighted by molar-refractivity contribution is 5.76. The van der Waals surface area contributed by atoms with E-state index in [-0.39, 0.29) is 21.2 Å². The first-order chi connectivity index (χ1) is 10.7. The first kappa shape index (κ1) is 21.4. The molecule has 0 amide bonds. The molecule has 5 nitrogen and oxygen atoms in total. The number of hydrogen-bond donors (Lipinski definition) is 1. The number of ether oxygens (including phenoxy) is 3. The van der Waals surface area contributed by atoms with Crippen molar-refractivity contribution in [1.82, 2.24) is 0 Å². The predicted octanol–water partition coefficient (Wildman–Crippen LogP) is 3.78. The lowest BCUT2D eigenvalue weighted by molar-refractivity contribution is -0.121. The van der Waals surface area contributed by atoms with E-state index in [9.17, 15) is 4.79 Å². The Kier molecular flexibility index (Phi) is 13.1. The average molecular weight is 327 g/mol. The van der Waals surface area contributed by atoms with Crippen LogP contribution < -0.4 is 10.1 Å². The summed E-state index contributed by atoms with van der Waals surface area (Å²) in [4.78, 5) is 10.6. The molecule has 0 aromatic heterocycles.